The standard InChI is InChI=1S/C56H75N7O11/c1-34(48-46(65)31-56(6,7)32-47(48)66)57-26-16-23-40(59-49(67)41(58-35(2)64)28-36-18-10-8-11-19-36)52(70)62-27-17-25-45(62)51(69)60-42(29-37-20-12-9-13-21-37)50(68)61-43(53(71)72)30-38-33-63(54(73)74-55(3,4)5)44-24-15-14-22-39(38)44/h8,10-11,14-15,18-19,22,24,33,37,40-43,45,65H,9,12-13,16-17,20-21,23,25-32H2,1-7H3,(H,58,64)(H,59,67)(H,60,69)(H,61,68)(H,71,72)/t40-,41-,42+,43-,45-/m0/s1. The van der Waals surface area contributed by atoms with Crippen molar-refractivity contribution in [2.75, 3.05) is 13.1 Å². The number of rotatable bonds is 20. The summed E-state index contributed by atoms with van der Waals surface area (Å²) in [6.45, 7) is 12.3. The summed E-state index contributed by atoms with van der Waals surface area (Å²) < 4.78 is 6.94. The Morgan fingerprint density at radius 3 is 2.12 bits per heavy atom. The second kappa shape index (κ2) is 24.9. The summed E-state index contributed by atoms with van der Waals surface area (Å²) in [5.41, 5.74) is 1.14. The predicted molar refractivity (Wildman–Crippen MR) is 279 cm³/mol. The van der Waals surface area contributed by atoms with Crippen LogP contribution in [0, 0.1) is 11.3 Å². The van der Waals surface area contributed by atoms with E-state index in [0.717, 1.165) is 37.7 Å². The number of carboxylic acid groups (broad SMARTS) is 1. The number of para-hydroxylation sites is 1. The van der Waals surface area contributed by atoms with Crippen LogP contribution >= 0.6 is 0 Å². The zero-order valence-corrected chi connectivity index (χ0v) is 44.0. The van der Waals surface area contributed by atoms with Crippen LogP contribution in [-0.4, -0.2) is 122 Å². The maximum absolute atomic E-state index is 14.8. The molecular weight excluding hydrogens is 947 g/mol. The number of nitrogens with zero attached hydrogens (tertiary/aromatic N) is 3. The van der Waals surface area contributed by atoms with Crippen molar-refractivity contribution in [3.8, 4) is 0 Å². The maximum Gasteiger partial charge on any atom is 0.419 e. The number of likely N-dealkylation sites (tertiary alicyclic amines) is 1. The molecule has 1 saturated carbocycles. The average Bonchev–Trinajstić information content (AvgIpc) is 3.97. The first-order valence-corrected chi connectivity index (χ1v) is 26.0. The van der Waals surface area contributed by atoms with Gasteiger partial charge < -0.3 is 41.1 Å². The zero-order valence-electron chi connectivity index (χ0n) is 44.0. The van der Waals surface area contributed by atoms with E-state index in [9.17, 15) is 48.6 Å². The summed E-state index contributed by atoms with van der Waals surface area (Å²) in [4.78, 5) is 115. The number of fused-ring (bicyclic) bond motifs is 1. The fourth-order valence-corrected chi connectivity index (χ4v) is 10.5. The van der Waals surface area contributed by atoms with Gasteiger partial charge in [0.25, 0.3) is 0 Å². The number of amides is 5. The molecule has 2 heterocycles. The Morgan fingerprint density at radius 2 is 1.46 bits per heavy atom. The first kappa shape index (κ1) is 56.4. The van der Waals surface area contributed by atoms with Crippen molar-refractivity contribution in [1.29, 1.82) is 0 Å². The largest absolute Gasteiger partial charge is 0.511 e. The Kier molecular flexibility index (Phi) is 19.0. The van der Waals surface area contributed by atoms with E-state index in [1.807, 2.05) is 44.2 Å². The molecule has 2 fully saturated rings. The lowest BCUT2D eigenvalue weighted by Gasteiger charge is -2.32. The number of hydrogen-bond acceptors (Lipinski definition) is 11. The van der Waals surface area contributed by atoms with Crippen molar-refractivity contribution in [2.24, 2.45) is 16.3 Å². The van der Waals surface area contributed by atoms with E-state index in [2.05, 4.69) is 26.3 Å². The van der Waals surface area contributed by atoms with Crippen LogP contribution in [0.15, 0.2) is 77.1 Å². The summed E-state index contributed by atoms with van der Waals surface area (Å²) in [7, 11) is 0. The van der Waals surface area contributed by atoms with Crippen LogP contribution in [0.3, 0.4) is 0 Å². The van der Waals surface area contributed by atoms with E-state index in [-0.39, 0.29) is 86.5 Å². The highest BCUT2D eigenvalue weighted by Crippen LogP contribution is 2.36. The number of aliphatic hydroxyl groups is 1. The molecule has 6 rings (SSSR count). The topological polar surface area (TPSA) is 255 Å². The number of aliphatic imine (C=N–C) groups is 1. The number of carboxylic acids is 1. The molecule has 1 aromatic heterocycles. The van der Waals surface area contributed by atoms with Crippen molar-refractivity contribution in [3.05, 3.63) is 83.3 Å². The maximum atomic E-state index is 14.8. The molecule has 1 aliphatic heterocycles. The Bertz CT molecular complexity index is 2620. The van der Waals surface area contributed by atoms with Gasteiger partial charge in [-0.05, 0) is 88.3 Å². The van der Waals surface area contributed by atoms with Gasteiger partial charge in [0.15, 0.2) is 5.78 Å². The van der Waals surface area contributed by atoms with Gasteiger partial charge in [-0.1, -0.05) is 94.5 Å². The molecule has 18 heteroatoms. The van der Waals surface area contributed by atoms with E-state index in [1.54, 1.807) is 52.0 Å². The van der Waals surface area contributed by atoms with E-state index in [4.69, 9.17) is 4.74 Å². The molecule has 5 atom stereocenters. The average molecular weight is 1020 g/mol. The minimum atomic E-state index is -1.45. The lowest BCUT2D eigenvalue weighted by molar-refractivity contribution is -0.144. The summed E-state index contributed by atoms with van der Waals surface area (Å²) in [5.74, 6) is -4.38. The SMILES string of the molecule is CC(=O)N[C@@H](Cc1ccccc1)C(=O)N[C@@H](CCCN=C(C)C1=C(O)CC(C)(C)CC1=O)C(=O)N1CCC[C@H]1C(=O)N[C@H](CC1CCCCC1)C(=O)N[C@@H](Cc1cn(C(=O)OC(C)(C)C)c2ccccc12)C(=O)O. The zero-order chi connectivity index (χ0) is 53.9. The van der Waals surface area contributed by atoms with Crippen molar-refractivity contribution in [2.45, 2.75) is 174 Å². The molecule has 18 nitrogen and oxygen atoms in total. The van der Waals surface area contributed by atoms with Gasteiger partial charge in [-0.2, -0.15) is 0 Å². The van der Waals surface area contributed by atoms with Crippen molar-refractivity contribution >= 4 is 64.0 Å². The molecule has 2 aliphatic carbocycles. The number of benzene rings is 2. The molecule has 6 N–H and O–H groups in total. The Balaban J connectivity index is 1.22. The molecular formula is C56H75N7O11. The van der Waals surface area contributed by atoms with Gasteiger partial charge >= 0.3 is 12.1 Å². The van der Waals surface area contributed by atoms with Crippen molar-refractivity contribution < 1.29 is 53.3 Å². The van der Waals surface area contributed by atoms with Gasteiger partial charge in [0.1, 0.15) is 41.6 Å². The van der Waals surface area contributed by atoms with E-state index < -0.39 is 77.4 Å². The number of carbonyl (C=O) groups excluding carboxylic acids is 7. The van der Waals surface area contributed by atoms with E-state index in [1.165, 1.54) is 22.6 Å². The van der Waals surface area contributed by atoms with Gasteiger partial charge in [0.2, 0.25) is 29.5 Å². The van der Waals surface area contributed by atoms with Gasteiger partial charge in [-0.3, -0.25) is 38.3 Å². The fourth-order valence-electron chi connectivity index (χ4n) is 10.5. The second-order valence-corrected chi connectivity index (χ2v) is 22.0. The van der Waals surface area contributed by atoms with Crippen LogP contribution in [0.1, 0.15) is 137 Å². The summed E-state index contributed by atoms with van der Waals surface area (Å²) in [6.07, 6.45) is 7.24. The number of aromatic nitrogens is 1. The molecule has 2 aromatic carbocycles. The molecule has 0 spiro atoms. The highest BCUT2D eigenvalue weighted by molar-refractivity contribution is 6.22. The van der Waals surface area contributed by atoms with Crippen LogP contribution in [-0.2, 0) is 51.1 Å². The minimum Gasteiger partial charge on any atom is -0.511 e. The van der Waals surface area contributed by atoms with Crippen LogP contribution < -0.4 is 21.3 Å². The number of nitrogens with one attached hydrogen (secondary N) is 4. The highest BCUT2D eigenvalue weighted by atomic mass is 16.6. The third-order valence-electron chi connectivity index (χ3n) is 14.0. The monoisotopic (exact) mass is 1020 g/mol. The summed E-state index contributed by atoms with van der Waals surface area (Å²) in [6, 6.07) is 10.2. The van der Waals surface area contributed by atoms with Gasteiger partial charge in [-0.15, -0.1) is 0 Å². The quantitative estimate of drug-likeness (QED) is 0.0516. The molecule has 5 amide bonds. The van der Waals surface area contributed by atoms with Crippen LogP contribution in [0.5, 0.6) is 0 Å². The van der Waals surface area contributed by atoms with Gasteiger partial charge in [0.05, 0.1) is 11.1 Å². The Hall–Kier alpha value is -6.85. The lowest BCUT2D eigenvalue weighted by atomic mass is 9.76. The molecule has 74 heavy (non-hydrogen) atoms. The molecule has 3 aliphatic rings. The number of ketones is 1. The van der Waals surface area contributed by atoms with Gasteiger partial charge in [-0.25, -0.2) is 9.59 Å². The molecule has 0 radical (unpaired) electrons. The third kappa shape index (κ3) is 15.4. The smallest absolute Gasteiger partial charge is 0.419 e. The first-order valence-electron chi connectivity index (χ1n) is 26.0. The fraction of sp³-hybridized carbons (Fsp3) is 0.554. The molecule has 3 aromatic rings. The second-order valence-electron chi connectivity index (χ2n) is 22.0. The predicted octanol–water partition coefficient (Wildman–Crippen LogP) is 6.66. The Morgan fingerprint density at radius 1 is 0.797 bits per heavy atom. The molecule has 0 unspecified atom stereocenters. The van der Waals surface area contributed by atoms with Crippen molar-refractivity contribution in [1.82, 2.24) is 30.7 Å². The number of aliphatic hydroxyl groups excluding tert-OH is 1. The number of carbonyl (C=O) groups is 8. The van der Waals surface area contributed by atoms with E-state index in [0.29, 0.717) is 35.0 Å². The summed E-state index contributed by atoms with van der Waals surface area (Å²) >= 11 is 0. The number of allylic oxidation sites excluding steroid dienone is 2. The van der Waals surface area contributed by atoms with Crippen LogP contribution in [0.2, 0.25) is 0 Å². The van der Waals surface area contributed by atoms with Crippen molar-refractivity contribution in [3.63, 3.8) is 0 Å². The Labute approximate surface area is 433 Å². The highest BCUT2D eigenvalue weighted by Gasteiger charge is 2.41. The molecule has 0 bridgehead atoms. The molecule has 400 valence electrons. The normalized spacial score (nSPS) is 19.0. The molecule has 1 saturated heterocycles. The van der Waals surface area contributed by atoms with Crippen LogP contribution in [0.4, 0.5) is 4.79 Å². The number of aliphatic carboxylic acids is 1. The lowest BCUT2D eigenvalue weighted by Crippen LogP contribution is -2.59. The summed E-state index contributed by atoms with van der Waals surface area (Å²) in [5, 5.41) is 33.1. The third-order valence-corrected chi connectivity index (χ3v) is 14.0. The van der Waals surface area contributed by atoms with E-state index >= 15 is 0 Å². The number of ether oxygens (including phenoxy) is 1. The minimum absolute atomic E-state index is 0.0187. The van der Waals surface area contributed by atoms with Crippen LogP contribution in [0.25, 0.3) is 10.9 Å². The number of hydrogen-bond donors (Lipinski definition) is 6. The first-order chi connectivity index (χ1) is 35.0. The van der Waals surface area contributed by atoms with Gasteiger partial charge in [0, 0.05) is 63.0 Å². The number of Topliss-reactive ketones (excluding diaryl/α,β-unsaturated/α-hetero) is 1.